The number of benzene rings is 1. The smallest absolute Gasteiger partial charge is 0.355 e. The van der Waals surface area contributed by atoms with Gasteiger partial charge in [-0.1, -0.05) is 24.6 Å². The van der Waals surface area contributed by atoms with Crippen molar-refractivity contribution in [1.82, 2.24) is 0 Å². The number of aryl methyl sites for hydroxylation is 2. The monoisotopic (exact) mass is 401 g/mol. The third-order valence-electron chi connectivity index (χ3n) is 4.55. The molecule has 1 aromatic carbocycles. The highest BCUT2D eigenvalue weighted by molar-refractivity contribution is 6.32. The number of nitrogens with zero attached hydrogens (tertiary/aromatic N) is 1. The number of allylic oxidation sites excluding steroid dienone is 2. The van der Waals surface area contributed by atoms with E-state index in [-0.39, 0.29) is 11.3 Å². The first kappa shape index (κ1) is 19.8. The van der Waals surface area contributed by atoms with Crippen LogP contribution < -0.4 is 4.90 Å². The molecule has 0 atom stereocenters. The molecule has 1 aliphatic heterocycles. The van der Waals surface area contributed by atoms with Gasteiger partial charge in [0.1, 0.15) is 11.5 Å². The minimum Gasteiger partial charge on any atom is -0.465 e. The Balaban J connectivity index is 2.34. The number of carbonyl (C=O) groups excluding carboxylic acids is 2. The maximum atomic E-state index is 12.6. The van der Waals surface area contributed by atoms with E-state index in [2.05, 4.69) is 0 Å². The molecule has 1 aliphatic rings. The van der Waals surface area contributed by atoms with Crippen molar-refractivity contribution in [2.45, 2.75) is 20.3 Å². The predicted octanol–water partition coefficient (Wildman–Crippen LogP) is 4.45. The van der Waals surface area contributed by atoms with Gasteiger partial charge in [-0.3, -0.25) is 0 Å². The predicted molar refractivity (Wildman–Crippen MR) is 107 cm³/mol. The summed E-state index contributed by atoms with van der Waals surface area (Å²) in [4.78, 5) is 26.5. The van der Waals surface area contributed by atoms with E-state index in [1.54, 1.807) is 24.4 Å². The Kier molecular flexibility index (Phi) is 5.61. The molecule has 0 saturated heterocycles. The largest absolute Gasteiger partial charge is 0.465 e. The molecule has 0 spiro atoms. The van der Waals surface area contributed by atoms with Gasteiger partial charge >= 0.3 is 11.9 Å². The molecular formula is C21H20ClNO5. The highest BCUT2D eigenvalue weighted by Crippen LogP contribution is 2.39. The Labute approximate surface area is 167 Å². The van der Waals surface area contributed by atoms with Gasteiger partial charge in [0.15, 0.2) is 5.58 Å². The second kappa shape index (κ2) is 7.94. The summed E-state index contributed by atoms with van der Waals surface area (Å²) < 4.78 is 15.8. The molecule has 3 rings (SSSR count). The quantitative estimate of drug-likeness (QED) is 0.705. The summed E-state index contributed by atoms with van der Waals surface area (Å²) in [6.07, 6.45) is 7.19. The summed E-state index contributed by atoms with van der Waals surface area (Å²) in [5.74, 6) is -0.524. The topological polar surface area (TPSA) is 69.0 Å². The zero-order chi connectivity index (χ0) is 20.4. The number of ether oxygens (including phenoxy) is 2. The van der Waals surface area contributed by atoms with Crippen LogP contribution in [0.3, 0.4) is 0 Å². The van der Waals surface area contributed by atoms with Gasteiger partial charge in [0.05, 0.1) is 25.5 Å². The Morgan fingerprint density at radius 1 is 1.14 bits per heavy atom. The van der Waals surface area contributed by atoms with Gasteiger partial charge in [0, 0.05) is 23.0 Å². The first-order valence-corrected chi connectivity index (χ1v) is 9.07. The molecule has 0 unspecified atom stereocenters. The molecule has 0 radical (unpaired) electrons. The average Bonchev–Trinajstić information content (AvgIpc) is 2.88. The highest BCUT2D eigenvalue weighted by atomic mass is 35.5. The molecule has 1 aromatic heterocycles. The Morgan fingerprint density at radius 3 is 2.50 bits per heavy atom. The van der Waals surface area contributed by atoms with E-state index in [9.17, 15) is 9.59 Å². The standard InChI is InChI=1S/C21H20ClNO5/c1-5-17-12(2)15-10-13(22)11-16(19(15)28-17)23-9-7-6-8-14(20(24)26-3)18(23)21(25)27-4/h6-11H,5H2,1-4H3. The lowest BCUT2D eigenvalue weighted by molar-refractivity contribution is -0.139. The van der Waals surface area contributed by atoms with Crippen LogP contribution in [0.1, 0.15) is 18.2 Å². The molecule has 6 nitrogen and oxygen atoms in total. The van der Waals surface area contributed by atoms with Crippen molar-refractivity contribution in [2.24, 2.45) is 0 Å². The maximum absolute atomic E-state index is 12.6. The summed E-state index contributed by atoms with van der Waals surface area (Å²) in [5.41, 5.74) is 2.14. The van der Waals surface area contributed by atoms with E-state index in [4.69, 9.17) is 25.5 Å². The first-order valence-electron chi connectivity index (χ1n) is 8.69. The zero-order valence-electron chi connectivity index (χ0n) is 16.0. The van der Waals surface area contributed by atoms with Crippen LogP contribution in [0.2, 0.25) is 5.02 Å². The number of halogens is 1. The highest BCUT2D eigenvalue weighted by Gasteiger charge is 2.29. The lowest BCUT2D eigenvalue weighted by Gasteiger charge is -2.23. The molecule has 0 fully saturated rings. The molecule has 146 valence electrons. The molecule has 0 amide bonds. The van der Waals surface area contributed by atoms with Crippen LogP contribution in [-0.2, 0) is 25.5 Å². The number of hydrogen-bond acceptors (Lipinski definition) is 6. The number of rotatable bonds is 4. The van der Waals surface area contributed by atoms with E-state index in [0.29, 0.717) is 22.7 Å². The van der Waals surface area contributed by atoms with Crippen molar-refractivity contribution in [3.8, 4) is 0 Å². The minimum absolute atomic E-state index is 0.00928. The van der Waals surface area contributed by atoms with Gasteiger partial charge < -0.3 is 18.8 Å². The molecule has 0 bridgehead atoms. The lowest BCUT2D eigenvalue weighted by atomic mass is 10.1. The van der Waals surface area contributed by atoms with Crippen molar-refractivity contribution in [3.05, 3.63) is 64.2 Å². The summed E-state index contributed by atoms with van der Waals surface area (Å²) in [6, 6.07) is 3.50. The second-order valence-electron chi connectivity index (χ2n) is 6.12. The van der Waals surface area contributed by atoms with Gasteiger partial charge in [0.25, 0.3) is 0 Å². The summed E-state index contributed by atoms with van der Waals surface area (Å²) in [6.45, 7) is 3.96. The van der Waals surface area contributed by atoms with Crippen LogP contribution in [0.5, 0.6) is 0 Å². The number of esters is 2. The molecule has 0 aliphatic carbocycles. The van der Waals surface area contributed by atoms with E-state index in [1.807, 2.05) is 19.9 Å². The number of methoxy groups -OCH3 is 2. The summed E-state index contributed by atoms with van der Waals surface area (Å²) >= 11 is 6.36. The fourth-order valence-corrected chi connectivity index (χ4v) is 3.39. The van der Waals surface area contributed by atoms with Gasteiger partial charge in [-0.25, -0.2) is 9.59 Å². The lowest BCUT2D eigenvalue weighted by Crippen LogP contribution is -2.27. The first-order chi connectivity index (χ1) is 13.4. The zero-order valence-corrected chi connectivity index (χ0v) is 16.8. The van der Waals surface area contributed by atoms with Crippen LogP contribution in [0.15, 0.2) is 52.2 Å². The van der Waals surface area contributed by atoms with Gasteiger partial charge in [0.2, 0.25) is 0 Å². The molecular weight excluding hydrogens is 382 g/mol. The molecule has 2 heterocycles. The van der Waals surface area contributed by atoms with Gasteiger partial charge in [-0.05, 0) is 36.8 Å². The third-order valence-corrected chi connectivity index (χ3v) is 4.77. The van der Waals surface area contributed by atoms with E-state index in [1.165, 1.54) is 25.2 Å². The third kappa shape index (κ3) is 3.31. The number of hydrogen-bond donors (Lipinski definition) is 0. The van der Waals surface area contributed by atoms with Crippen molar-refractivity contribution in [2.75, 3.05) is 19.1 Å². The van der Waals surface area contributed by atoms with E-state index < -0.39 is 11.9 Å². The Hall–Kier alpha value is -2.99. The molecule has 0 saturated carbocycles. The maximum Gasteiger partial charge on any atom is 0.355 e. The number of carbonyl (C=O) groups is 2. The van der Waals surface area contributed by atoms with Crippen molar-refractivity contribution >= 4 is 40.2 Å². The van der Waals surface area contributed by atoms with Gasteiger partial charge in [-0.15, -0.1) is 0 Å². The van der Waals surface area contributed by atoms with Crippen molar-refractivity contribution < 1.29 is 23.5 Å². The fraction of sp³-hybridized carbons (Fsp3) is 0.238. The number of furan rings is 1. The molecule has 28 heavy (non-hydrogen) atoms. The second-order valence-corrected chi connectivity index (χ2v) is 6.56. The molecule has 7 heteroatoms. The average molecular weight is 402 g/mol. The van der Waals surface area contributed by atoms with Crippen molar-refractivity contribution in [1.29, 1.82) is 0 Å². The van der Waals surface area contributed by atoms with Crippen LogP contribution in [-0.4, -0.2) is 26.2 Å². The van der Waals surface area contributed by atoms with Crippen LogP contribution in [0.25, 0.3) is 11.0 Å². The minimum atomic E-state index is -0.691. The summed E-state index contributed by atoms with van der Waals surface area (Å²) in [7, 11) is 2.50. The summed E-state index contributed by atoms with van der Waals surface area (Å²) in [5, 5.41) is 1.32. The molecule has 0 N–H and O–H groups in total. The van der Waals surface area contributed by atoms with Crippen LogP contribution in [0, 0.1) is 6.92 Å². The Morgan fingerprint density at radius 2 is 1.86 bits per heavy atom. The van der Waals surface area contributed by atoms with Crippen LogP contribution in [0.4, 0.5) is 5.69 Å². The van der Waals surface area contributed by atoms with E-state index in [0.717, 1.165) is 16.7 Å². The van der Waals surface area contributed by atoms with E-state index >= 15 is 0 Å². The normalized spacial score (nSPS) is 13.8. The number of fused-ring (bicyclic) bond motifs is 1. The fourth-order valence-electron chi connectivity index (χ4n) is 3.18. The molecule has 2 aromatic rings. The van der Waals surface area contributed by atoms with Crippen LogP contribution >= 0.6 is 11.6 Å². The van der Waals surface area contributed by atoms with Gasteiger partial charge in [-0.2, -0.15) is 0 Å². The number of anilines is 1. The van der Waals surface area contributed by atoms with Crippen molar-refractivity contribution in [3.63, 3.8) is 0 Å². The SMILES string of the molecule is CCc1oc2c(N3C=CC=CC(C(=O)OC)=C3C(=O)OC)cc(Cl)cc2c1C. The Bertz CT molecular complexity index is 1040.